The highest BCUT2D eigenvalue weighted by Crippen LogP contribution is 2.38. The first kappa shape index (κ1) is 22.8. The van der Waals surface area contributed by atoms with Crippen molar-refractivity contribution in [2.45, 2.75) is 56.0 Å². The zero-order valence-corrected chi connectivity index (χ0v) is 18.6. The van der Waals surface area contributed by atoms with Crippen molar-refractivity contribution in [3.8, 4) is 11.1 Å². The fourth-order valence-corrected chi connectivity index (χ4v) is 5.64. The summed E-state index contributed by atoms with van der Waals surface area (Å²) < 4.78 is 58.1. The molecule has 0 amide bonds. The number of nitrogens with one attached hydrogen (secondary N) is 1. The molecule has 9 heteroatoms. The number of aromatic amines is 1. The molecule has 3 aromatic rings. The van der Waals surface area contributed by atoms with E-state index >= 15 is 0 Å². The largest absolute Gasteiger partial charge is 0.386 e. The molecule has 1 N–H and O–H groups in total. The fraction of sp³-hybridized carbons (Fsp3) is 0.435. The molecular formula is C23H26F3N3O2S. The Morgan fingerprint density at radius 2 is 1.66 bits per heavy atom. The molecule has 172 valence electrons. The molecule has 2 aliphatic rings. The fourth-order valence-electron chi connectivity index (χ4n) is 4.12. The summed E-state index contributed by atoms with van der Waals surface area (Å²) in [6.07, 6.45) is 3.49. The van der Waals surface area contributed by atoms with Crippen molar-refractivity contribution in [3.63, 3.8) is 0 Å². The second-order valence-electron chi connectivity index (χ2n) is 8.39. The van der Waals surface area contributed by atoms with Crippen molar-refractivity contribution >= 4 is 21.1 Å². The van der Waals surface area contributed by atoms with Gasteiger partial charge in [0.1, 0.15) is 5.65 Å². The monoisotopic (exact) mass is 465 g/mol. The highest BCUT2D eigenvalue weighted by molar-refractivity contribution is 7.89. The maximum Gasteiger partial charge on any atom is 0.386 e. The van der Waals surface area contributed by atoms with E-state index in [1.807, 2.05) is 24.4 Å². The lowest BCUT2D eigenvalue weighted by molar-refractivity contribution is -0.110. The Hall–Kier alpha value is -2.39. The lowest BCUT2D eigenvalue weighted by atomic mass is 9.83. The number of rotatable bonds is 4. The van der Waals surface area contributed by atoms with Gasteiger partial charge in [0, 0.05) is 37.3 Å². The summed E-state index contributed by atoms with van der Waals surface area (Å²) in [5.74, 6) is 0.625. The van der Waals surface area contributed by atoms with Crippen LogP contribution in [0.15, 0.2) is 47.5 Å². The summed E-state index contributed by atoms with van der Waals surface area (Å²) in [7, 11) is -3.37. The van der Waals surface area contributed by atoms with Gasteiger partial charge < -0.3 is 4.98 Å². The molecule has 1 aliphatic heterocycles. The van der Waals surface area contributed by atoms with Gasteiger partial charge in [-0.3, -0.25) is 0 Å². The Morgan fingerprint density at radius 3 is 2.22 bits per heavy atom. The maximum absolute atomic E-state index is 12.7. The first-order valence-electron chi connectivity index (χ1n) is 10.8. The minimum atomic E-state index is -4.00. The zero-order valence-electron chi connectivity index (χ0n) is 17.8. The predicted octanol–water partition coefficient (Wildman–Crippen LogP) is 5.85. The van der Waals surface area contributed by atoms with Gasteiger partial charge in [0.15, 0.2) is 0 Å². The summed E-state index contributed by atoms with van der Waals surface area (Å²) in [6, 6.07) is 11.5. The molecule has 2 fully saturated rings. The molecule has 5 nitrogen and oxygen atoms in total. The summed E-state index contributed by atoms with van der Waals surface area (Å²) >= 11 is 0. The summed E-state index contributed by atoms with van der Waals surface area (Å²) in [6.45, 7) is 1.44. The molecule has 1 aromatic carbocycles. The quantitative estimate of drug-likeness (QED) is 0.526. The molecule has 0 bridgehead atoms. The van der Waals surface area contributed by atoms with E-state index in [2.05, 4.69) is 16.0 Å². The number of hydrogen-bond acceptors (Lipinski definition) is 3. The van der Waals surface area contributed by atoms with E-state index in [0.717, 1.165) is 35.0 Å². The molecular weight excluding hydrogens is 439 g/mol. The maximum atomic E-state index is 12.7. The average Bonchev–Trinajstić information content (AvgIpc) is 3.35. The van der Waals surface area contributed by atoms with Crippen LogP contribution in [-0.4, -0.2) is 42.0 Å². The van der Waals surface area contributed by atoms with Crippen LogP contribution in [0.1, 0.15) is 50.6 Å². The molecule has 32 heavy (non-hydrogen) atoms. The third kappa shape index (κ3) is 4.99. The van der Waals surface area contributed by atoms with E-state index in [4.69, 9.17) is 0 Å². The van der Waals surface area contributed by atoms with Crippen molar-refractivity contribution in [2.75, 3.05) is 13.1 Å². The Balaban J connectivity index is 0.000000444. The number of nitrogens with zero attached hydrogens (tertiary/aromatic N) is 2. The molecule has 1 saturated carbocycles. The highest BCUT2D eigenvalue weighted by Gasteiger charge is 2.27. The standard InChI is InChI=1S/C21H23N3O2S.C2H3F3/c25-27(26,24-12-1-2-13-24)17-8-6-15(7-9-17)18-10-11-22-21-19(18)14-20(23-21)16-4-3-5-16;1-2(3,4)5/h6-11,14,16H,1-5,12-13H2,(H,22,23);1H3. The average molecular weight is 466 g/mol. The zero-order chi connectivity index (χ0) is 22.9. The SMILES string of the molecule is CC(F)(F)F.O=S(=O)(c1ccc(-c2ccnc3[nH]c(C4CCC4)cc23)cc1)N1CCCC1. The molecule has 1 saturated heterocycles. The molecule has 0 atom stereocenters. The van der Waals surface area contributed by atoms with Gasteiger partial charge in [0.25, 0.3) is 0 Å². The molecule has 2 aromatic heterocycles. The number of alkyl halides is 3. The highest BCUT2D eigenvalue weighted by atomic mass is 32.2. The van der Waals surface area contributed by atoms with E-state index in [-0.39, 0.29) is 6.92 Å². The van der Waals surface area contributed by atoms with Crippen LogP contribution in [-0.2, 0) is 10.0 Å². The van der Waals surface area contributed by atoms with Crippen LogP contribution >= 0.6 is 0 Å². The number of fused-ring (bicyclic) bond motifs is 1. The van der Waals surface area contributed by atoms with E-state index in [9.17, 15) is 21.6 Å². The summed E-state index contributed by atoms with van der Waals surface area (Å²) in [5, 5.41) is 1.11. The molecule has 5 rings (SSSR count). The van der Waals surface area contributed by atoms with Gasteiger partial charge >= 0.3 is 6.18 Å². The number of aromatic nitrogens is 2. The number of sulfonamides is 1. The number of halogens is 3. The predicted molar refractivity (Wildman–Crippen MR) is 118 cm³/mol. The van der Waals surface area contributed by atoms with Crippen molar-refractivity contribution in [1.82, 2.24) is 14.3 Å². The van der Waals surface area contributed by atoms with E-state index in [1.54, 1.807) is 16.4 Å². The van der Waals surface area contributed by atoms with Crippen LogP contribution in [0.4, 0.5) is 13.2 Å². The van der Waals surface area contributed by atoms with Gasteiger partial charge in [-0.1, -0.05) is 18.6 Å². The first-order chi connectivity index (χ1) is 15.1. The van der Waals surface area contributed by atoms with Crippen LogP contribution in [0.3, 0.4) is 0 Å². The Kier molecular flexibility index (Phi) is 6.31. The Morgan fingerprint density at radius 1 is 1.03 bits per heavy atom. The summed E-state index contributed by atoms with van der Waals surface area (Å²) in [4.78, 5) is 8.32. The second-order valence-corrected chi connectivity index (χ2v) is 10.3. The molecule has 1 aliphatic carbocycles. The third-order valence-electron chi connectivity index (χ3n) is 5.97. The van der Waals surface area contributed by atoms with E-state index < -0.39 is 16.2 Å². The Labute approximate surface area is 185 Å². The molecule has 0 radical (unpaired) electrons. The lowest BCUT2D eigenvalue weighted by Crippen LogP contribution is -2.27. The van der Waals surface area contributed by atoms with E-state index in [1.165, 1.54) is 25.0 Å². The minimum Gasteiger partial charge on any atom is -0.343 e. The number of benzene rings is 1. The van der Waals surface area contributed by atoms with E-state index in [0.29, 0.717) is 23.9 Å². The second kappa shape index (κ2) is 8.86. The first-order valence-corrected chi connectivity index (χ1v) is 12.2. The van der Waals surface area contributed by atoms with Crippen molar-refractivity contribution in [1.29, 1.82) is 0 Å². The normalized spacial score (nSPS) is 17.8. The van der Waals surface area contributed by atoms with Gasteiger partial charge in [-0.2, -0.15) is 17.5 Å². The summed E-state index contributed by atoms with van der Waals surface area (Å²) in [5.41, 5.74) is 4.28. The van der Waals surface area contributed by atoms with Crippen LogP contribution < -0.4 is 0 Å². The Bertz CT molecular complexity index is 1170. The third-order valence-corrected chi connectivity index (χ3v) is 7.88. The lowest BCUT2D eigenvalue weighted by Gasteiger charge is -2.23. The molecule has 0 spiro atoms. The smallest absolute Gasteiger partial charge is 0.343 e. The molecule has 0 unspecified atom stereocenters. The number of H-pyrrole nitrogens is 1. The molecule has 3 heterocycles. The topological polar surface area (TPSA) is 66.1 Å². The van der Waals surface area contributed by atoms with Crippen LogP contribution in [0.25, 0.3) is 22.2 Å². The van der Waals surface area contributed by atoms with Gasteiger partial charge in [-0.25, -0.2) is 13.4 Å². The van der Waals surface area contributed by atoms with Crippen LogP contribution in [0.2, 0.25) is 0 Å². The number of hydrogen-bond donors (Lipinski definition) is 1. The number of pyridine rings is 1. The minimum absolute atomic E-state index is 0.188. The van der Waals surface area contributed by atoms with Gasteiger partial charge in [-0.15, -0.1) is 0 Å². The van der Waals surface area contributed by atoms with Crippen molar-refractivity contribution in [2.24, 2.45) is 0 Å². The van der Waals surface area contributed by atoms with Crippen molar-refractivity contribution in [3.05, 3.63) is 48.3 Å². The van der Waals surface area contributed by atoms with Crippen LogP contribution in [0.5, 0.6) is 0 Å². The van der Waals surface area contributed by atoms with Crippen LogP contribution in [0, 0.1) is 0 Å². The van der Waals surface area contributed by atoms with Gasteiger partial charge in [0.05, 0.1) is 4.90 Å². The van der Waals surface area contributed by atoms with Gasteiger partial charge in [-0.05, 0) is 67.0 Å². The van der Waals surface area contributed by atoms with Crippen molar-refractivity contribution < 1.29 is 21.6 Å². The van der Waals surface area contributed by atoms with Gasteiger partial charge in [0.2, 0.25) is 10.0 Å².